The van der Waals surface area contributed by atoms with Gasteiger partial charge in [-0.25, -0.2) is 4.39 Å². The number of hydrogen-bond donors (Lipinski definition) is 0. The smallest absolute Gasteiger partial charge is 0.393 e. The highest BCUT2D eigenvalue weighted by atomic mass is 19.4. The molecular formula is C11H6F4O3. The molecule has 0 saturated carbocycles. The third-order valence-corrected chi connectivity index (χ3v) is 2.57. The molecule has 1 aliphatic rings. The van der Waals surface area contributed by atoms with Crippen LogP contribution in [0, 0.1) is 5.82 Å². The lowest BCUT2D eigenvalue weighted by Gasteiger charge is -2.11. The van der Waals surface area contributed by atoms with E-state index in [0.717, 1.165) is 6.07 Å². The van der Waals surface area contributed by atoms with Crippen molar-refractivity contribution in [2.24, 2.45) is 0 Å². The highest BCUT2D eigenvalue weighted by Crippen LogP contribution is 2.35. The van der Waals surface area contributed by atoms with E-state index in [1.807, 2.05) is 0 Å². The van der Waals surface area contributed by atoms with Crippen LogP contribution in [0.3, 0.4) is 0 Å². The lowest BCUT2D eigenvalue weighted by Crippen LogP contribution is -2.11. The van der Waals surface area contributed by atoms with Crippen molar-refractivity contribution in [3.05, 3.63) is 35.1 Å². The van der Waals surface area contributed by atoms with Crippen molar-refractivity contribution in [1.82, 2.24) is 0 Å². The van der Waals surface area contributed by atoms with E-state index in [-0.39, 0.29) is 12.0 Å². The Morgan fingerprint density at radius 3 is 2.39 bits per heavy atom. The molecule has 1 fully saturated rings. The Morgan fingerprint density at radius 1 is 1.22 bits per heavy atom. The molecule has 2 rings (SSSR count). The van der Waals surface area contributed by atoms with Crippen molar-refractivity contribution < 1.29 is 31.9 Å². The molecule has 0 aromatic heterocycles. The molecule has 1 atom stereocenters. The normalized spacial score (nSPS) is 20.1. The number of esters is 2. The van der Waals surface area contributed by atoms with E-state index in [4.69, 9.17) is 0 Å². The summed E-state index contributed by atoms with van der Waals surface area (Å²) in [6, 6.07) is 2.18. The first-order chi connectivity index (χ1) is 8.29. The predicted molar refractivity (Wildman–Crippen MR) is 49.9 cm³/mol. The van der Waals surface area contributed by atoms with Gasteiger partial charge in [0.1, 0.15) is 5.82 Å². The van der Waals surface area contributed by atoms with Crippen molar-refractivity contribution in [3.8, 4) is 0 Å². The van der Waals surface area contributed by atoms with Gasteiger partial charge in [0.2, 0.25) is 0 Å². The van der Waals surface area contributed by atoms with Gasteiger partial charge in [0, 0.05) is 0 Å². The van der Waals surface area contributed by atoms with Gasteiger partial charge in [-0.1, -0.05) is 6.07 Å². The van der Waals surface area contributed by atoms with Gasteiger partial charge < -0.3 is 4.74 Å². The minimum absolute atomic E-state index is 0.0837. The van der Waals surface area contributed by atoms with Crippen LogP contribution in [-0.4, -0.2) is 11.9 Å². The highest BCUT2D eigenvalue weighted by molar-refractivity contribution is 5.97. The fourth-order valence-corrected chi connectivity index (χ4v) is 1.71. The van der Waals surface area contributed by atoms with Crippen LogP contribution in [0.1, 0.15) is 23.5 Å². The summed E-state index contributed by atoms with van der Waals surface area (Å²) < 4.78 is 54.7. The van der Waals surface area contributed by atoms with Crippen LogP contribution in [0.2, 0.25) is 0 Å². The van der Waals surface area contributed by atoms with Gasteiger partial charge in [-0.05, 0) is 17.7 Å². The quantitative estimate of drug-likeness (QED) is 0.443. The molecule has 1 aromatic rings. The molecule has 0 aliphatic carbocycles. The van der Waals surface area contributed by atoms with Gasteiger partial charge in [-0.3, -0.25) is 9.59 Å². The summed E-state index contributed by atoms with van der Waals surface area (Å²) in [7, 11) is 0. The molecule has 1 saturated heterocycles. The van der Waals surface area contributed by atoms with Gasteiger partial charge in [0.25, 0.3) is 0 Å². The van der Waals surface area contributed by atoms with Crippen LogP contribution in [-0.2, 0) is 20.5 Å². The standard InChI is InChI=1S/C11H6F4O3/c12-8-2-1-5(3-7(8)11(13,14)15)6-4-9(16)18-10(6)17/h1-3,6H,4H2. The summed E-state index contributed by atoms with van der Waals surface area (Å²) in [6.07, 6.45) is -5.19. The first-order valence-electron chi connectivity index (χ1n) is 4.90. The minimum atomic E-state index is -4.85. The number of hydrogen-bond acceptors (Lipinski definition) is 3. The summed E-state index contributed by atoms with van der Waals surface area (Å²) in [5.74, 6) is -4.24. The lowest BCUT2D eigenvalue weighted by atomic mass is 9.95. The van der Waals surface area contributed by atoms with E-state index in [9.17, 15) is 27.2 Å². The van der Waals surface area contributed by atoms with Crippen molar-refractivity contribution in [2.45, 2.75) is 18.5 Å². The molecule has 0 radical (unpaired) electrons. The average Bonchev–Trinajstić information content (AvgIpc) is 2.57. The zero-order chi connectivity index (χ0) is 13.5. The molecule has 0 N–H and O–H groups in total. The maximum Gasteiger partial charge on any atom is 0.419 e. The Labute approximate surface area is 98.3 Å². The molecular weight excluding hydrogens is 256 g/mol. The number of benzene rings is 1. The highest BCUT2D eigenvalue weighted by Gasteiger charge is 2.38. The van der Waals surface area contributed by atoms with Crippen LogP contribution in [0.5, 0.6) is 0 Å². The minimum Gasteiger partial charge on any atom is -0.393 e. The molecule has 1 aromatic carbocycles. The zero-order valence-corrected chi connectivity index (χ0v) is 8.75. The Kier molecular flexibility index (Phi) is 2.84. The zero-order valence-electron chi connectivity index (χ0n) is 8.75. The summed E-state index contributed by atoms with van der Waals surface area (Å²) in [5.41, 5.74) is -1.55. The van der Waals surface area contributed by atoms with Gasteiger partial charge >= 0.3 is 18.1 Å². The predicted octanol–water partition coefficient (Wildman–Crippen LogP) is 2.40. The first kappa shape index (κ1) is 12.5. The number of carbonyl (C=O) groups is 2. The van der Waals surface area contributed by atoms with E-state index in [2.05, 4.69) is 4.74 Å². The Balaban J connectivity index is 2.42. The fourth-order valence-electron chi connectivity index (χ4n) is 1.71. The number of rotatable bonds is 1. The van der Waals surface area contributed by atoms with E-state index >= 15 is 0 Å². The summed E-state index contributed by atoms with van der Waals surface area (Å²) in [4.78, 5) is 22.1. The van der Waals surface area contributed by atoms with E-state index < -0.39 is 35.4 Å². The van der Waals surface area contributed by atoms with Crippen LogP contribution in [0.25, 0.3) is 0 Å². The summed E-state index contributed by atoms with van der Waals surface area (Å²) >= 11 is 0. The Morgan fingerprint density at radius 2 is 1.89 bits per heavy atom. The number of ether oxygens (including phenoxy) is 1. The number of carbonyl (C=O) groups excluding carboxylic acids is 2. The second-order valence-corrected chi connectivity index (χ2v) is 3.79. The largest absolute Gasteiger partial charge is 0.419 e. The second kappa shape index (κ2) is 4.08. The van der Waals surface area contributed by atoms with Crippen molar-refractivity contribution in [2.75, 3.05) is 0 Å². The average molecular weight is 262 g/mol. The molecule has 18 heavy (non-hydrogen) atoms. The molecule has 7 heteroatoms. The van der Waals surface area contributed by atoms with Crippen LogP contribution >= 0.6 is 0 Å². The number of halogens is 4. The van der Waals surface area contributed by atoms with Gasteiger partial charge in [0.15, 0.2) is 0 Å². The maximum atomic E-state index is 13.0. The molecule has 1 heterocycles. The van der Waals surface area contributed by atoms with Crippen molar-refractivity contribution in [3.63, 3.8) is 0 Å². The monoisotopic (exact) mass is 262 g/mol. The Bertz CT molecular complexity index is 522. The van der Waals surface area contributed by atoms with Gasteiger partial charge in [-0.2, -0.15) is 13.2 Å². The molecule has 1 unspecified atom stereocenters. The van der Waals surface area contributed by atoms with Crippen LogP contribution < -0.4 is 0 Å². The third kappa shape index (κ3) is 2.20. The number of alkyl halides is 3. The van der Waals surface area contributed by atoms with E-state index in [1.165, 1.54) is 0 Å². The van der Waals surface area contributed by atoms with Gasteiger partial charge in [0.05, 0.1) is 17.9 Å². The second-order valence-electron chi connectivity index (χ2n) is 3.79. The molecule has 3 nitrogen and oxygen atoms in total. The maximum absolute atomic E-state index is 13.0. The van der Waals surface area contributed by atoms with Crippen LogP contribution in [0.15, 0.2) is 18.2 Å². The SMILES string of the molecule is O=C1CC(c2ccc(F)c(C(F)(F)F)c2)C(=O)O1. The molecule has 96 valence electrons. The fraction of sp³-hybridized carbons (Fsp3) is 0.273. The molecule has 1 aliphatic heterocycles. The molecule has 0 spiro atoms. The van der Waals surface area contributed by atoms with Crippen LogP contribution in [0.4, 0.5) is 17.6 Å². The van der Waals surface area contributed by atoms with Crippen molar-refractivity contribution in [1.29, 1.82) is 0 Å². The third-order valence-electron chi connectivity index (χ3n) is 2.57. The van der Waals surface area contributed by atoms with E-state index in [0.29, 0.717) is 12.1 Å². The summed E-state index contributed by atoms with van der Waals surface area (Å²) in [6.45, 7) is 0. The topological polar surface area (TPSA) is 43.4 Å². The van der Waals surface area contributed by atoms with Crippen molar-refractivity contribution >= 4 is 11.9 Å². The molecule has 0 bridgehead atoms. The first-order valence-corrected chi connectivity index (χ1v) is 4.90. The Hall–Kier alpha value is -1.92. The van der Waals surface area contributed by atoms with Gasteiger partial charge in [-0.15, -0.1) is 0 Å². The number of cyclic esters (lactones) is 2. The lowest BCUT2D eigenvalue weighted by molar-refractivity contribution is -0.152. The molecule has 0 amide bonds. The van der Waals surface area contributed by atoms with E-state index in [1.54, 1.807) is 0 Å². The summed E-state index contributed by atoms with van der Waals surface area (Å²) in [5, 5.41) is 0.